The SMILES string of the molecule is CNC(=O)C12CC1[C@@H](n1cnc3c(NC)nc(C#Cc4ccc(F)s4)nc31)[C@H](O)[C@@H]2O. The Kier molecular flexibility index (Phi) is 4.47. The van der Waals surface area contributed by atoms with Gasteiger partial charge in [-0.15, -0.1) is 0 Å². The van der Waals surface area contributed by atoms with Crippen LogP contribution >= 0.6 is 11.3 Å². The van der Waals surface area contributed by atoms with Crippen LogP contribution in [0.1, 0.15) is 23.2 Å². The van der Waals surface area contributed by atoms with Crippen molar-refractivity contribution < 1.29 is 19.4 Å². The van der Waals surface area contributed by atoms with Gasteiger partial charge in [0, 0.05) is 20.0 Å². The molecule has 2 saturated carbocycles. The van der Waals surface area contributed by atoms with Crippen molar-refractivity contribution in [3.05, 3.63) is 34.3 Å². The fourth-order valence-electron chi connectivity index (χ4n) is 4.65. The number of nitrogens with zero attached hydrogens (tertiary/aromatic N) is 4. The van der Waals surface area contributed by atoms with Gasteiger partial charge in [0.25, 0.3) is 0 Å². The molecule has 5 rings (SSSR count). The van der Waals surface area contributed by atoms with Gasteiger partial charge >= 0.3 is 0 Å². The predicted octanol–water partition coefficient (Wildman–Crippen LogP) is 0.497. The number of aliphatic hydroxyl groups is 2. The molecule has 160 valence electrons. The van der Waals surface area contributed by atoms with E-state index in [4.69, 9.17) is 0 Å². The number of imidazole rings is 1. The zero-order valence-corrected chi connectivity index (χ0v) is 17.4. The molecule has 2 aliphatic rings. The summed E-state index contributed by atoms with van der Waals surface area (Å²) in [6.07, 6.45) is -0.329. The molecule has 3 aromatic rings. The van der Waals surface area contributed by atoms with Gasteiger partial charge in [0.2, 0.25) is 11.7 Å². The summed E-state index contributed by atoms with van der Waals surface area (Å²) in [7, 11) is 3.21. The van der Waals surface area contributed by atoms with Crippen molar-refractivity contribution in [3.63, 3.8) is 0 Å². The predicted molar refractivity (Wildman–Crippen MR) is 111 cm³/mol. The Bertz CT molecular complexity index is 1260. The van der Waals surface area contributed by atoms with Crippen molar-refractivity contribution in [1.82, 2.24) is 24.8 Å². The topological polar surface area (TPSA) is 125 Å². The second-order valence-electron chi connectivity index (χ2n) is 7.68. The molecule has 4 N–H and O–H groups in total. The number of fused-ring (bicyclic) bond motifs is 2. The summed E-state index contributed by atoms with van der Waals surface area (Å²) < 4.78 is 14.9. The van der Waals surface area contributed by atoms with Crippen LogP contribution in [0.3, 0.4) is 0 Å². The number of amides is 1. The zero-order valence-electron chi connectivity index (χ0n) is 16.6. The average Bonchev–Trinajstić information content (AvgIpc) is 3.02. The zero-order chi connectivity index (χ0) is 21.9. The molecule has 2 fully saturated rings. The van der Waals surface area contributed by atoms with Crippen LogP contribution in [0.4, 0.5) is 10.2 Å². The van der Waals surface area contributed by atoms with Gasteiger partial charge in [0.15, 0.2) is 22.1 Å². The number of aliphatic hydroxyl groups excluding tert-OH is 2. The lowest BCUT2D eigenvalue weighted by Gasteiger charge is -2.23. The van der Waals surface area contributed by atoms with Gasteiger partial charge in [-0.2, -0.15) is 4.39 Å². The van der Waals surface area contributed by atoms with Crippen LogP contribution in [0.5, 0.6) is 0 Å². The minimum absolute atomic E-state index is 0.203. The second kappa shape index (κ2) is 6.98. The third-order valence-corrected chi connectivity index (χ3v) is 6.96. The Morgan fingerprint density at radius 1 is 1.32 bits per heavy atom. The van der Waals surface area contributed by atoms with E-state index in [1.807, 2.05) is 0 Å². The molecule has 2 unspecified atom stereocenters. The second-order valence-corrected chi connectivity index (χ2v) is 8.71. The molecule has 0 aliphatic heterocycles. The highest BCUT2D eigenvalue weighted by Gasteiger charge is 2.75. The van der Waals surface area contributed by atoms with Crippen molar-refractivity contribution in [3.8, 4) is 11.8 Å². The summed E-state index contributed by atoms with van der Waals surface area (Å²) in [6, 6.07) is 2.36. The fourth-order valence-corrected chi connectivity index (χ4v) is 5.23. The van der Waals surface area contributed by atoms with Gasteiger partial charge in [0.05, 0.1) is 28.8 Å². The van der Waals surface area contributed by atoms with Crippen molar-refractivity contribution in [1.29, 1.82) is 0 Å². The van der Waals surface area contributed by atoms with Crippen molar-refractivity contribution >= 4 is 34.2 Å². The maximum absolute atomic E-state index is 13.2. The van der Waals surface area contributed by atoms with Crippen LogP contribution in [-0.2, 0) is 4.79 Å². The van der Waals surface area contributed by atoms with E-state index < -0.39 is 23.7 Å². The quantitative estimate of drug-likeness (QED) is 0.435. The highest BCUT2D eigenvalue weighted by atomic mass is 32.1. The molecular weight excluding hydrogens is 423 g/mol. The number of rotatable bonds is 3. The average molecular weight is 442 g/mol. The van der Waals surface area contributed by atoms with Crippen molar-refractivity contribution in [2.45, 2.75) is 24.7 Å². The number of hydrogen-bond acceptors (Lipinski definition) is 8. The smallest absolute Gasteiger partial charge is 0.229 e. The molecule has 11 heteroatoms. The van der Waals surface area contributed by atoms with Crippen LogP contribution in [-0.4, -0.2) is 61.9 Å². The lowest BCUT2D eigenvalue weighted by atomic mass is 9.98. The van der Waals surface area contributed by atoms with Gasteiger partial charge < -0.3 is 25.4 Å². The molecule has 2 aliphatic carbocycles. The summed E-state index contributed by atoms with van der Waals surface area (Å²) in [5.74, 6) is 5.81. The summed E-state index contributed by atoms with van der Waals surface area (Å²) >= 11 is 0.929. The standard InChI is InChI=1S/C20H19FN6O3S/c1-22-17-13-18(26-12(25-17)6-4-9-3-5-11(21)31-9)27(8-24-13)14-10-7-20(10,19(30)23-2)16(29)15(14)28/h3,5,8,10,14-16,28-29H,7H2,1-2H3,(H,23,30)(H,22,25,26)/t10?,14-,15+,16+,20?/m1/s1. The normalized spacial score (nSPS) is 28.7. The first-order chi connectivity index (χ1) is 14.9. The Hall–Kier alpha value is -3.07. The monoisotopic (exact) mass is 442 g/mol. The molecule has 0 aromatic carbocycles. The third kappa shape index (κ3) is 2.83. The first kappa shape index (κ1) is 19.9. The number of hydrogen-bond donors (Lipinski definition) is 4. The van der Waals surface area contributed by atoms with Gasteiger partial charge in [-0.1, -0.05) is 11.3 Å². The van der Waals surface area contributed by atoms with Gasteiger partial charge in [-0.05, 0) is 30.4 Å². The summed E-state index contributed by atoms with van der Waals surface area (Å²) in [5, 5.41) is 26.6. The van der Waals surface area contributed by atoms with Crippen molar-refractivity contribution in [2.75, 3.05) is 19.4 Å². The van der Waals surface area contributed by atoms with E-state index in [2.05, 4.69) is 37.4 Å². The summed E-state index contributed by atoms with van der Waals surface area (Å²) in [6.45, 7) is 0. The molecule has 3 aromatic heterocycles. The van der Waals surface area contributed by atoms with Gasteiger partial charge in [-0.3, -0.25) is 4.79 Å². The van der Waals surface area contributed by atoms with Crippen LogP contribution in [0.25, 0.3) is 11.2 Å². The highest BCUT2D eigenvalue weighted by Crippen LogP contribution is 2.67. The van der Waals surface area contributed by atoms with E-state index in [1.54, 1.807) is 17.7 Å². The Morgan fingerprint density at radius 2 is 2.13 bits per heavy atom. The highest BCUT2D eigenvalue weighted by molar-refractivity contribution is 7.10. The Labute approximate surface area is 180 Å². The number of nitrogens with one attached hydrogen (secondary N) is 2. The Balaban J connectivity index is 1.58. The maximum Gasteiger partial charge on any atom is 0.229 e. The van der Waals surface area contributed by atoms with Gasteiger partial charge in [0.1, 0.15) is 6.10 Å². The Morgan fingerprint density at radius 3 is 2.81 bits per heavy atom. The lowest BCUT2D eigenvalue weighted by Crippen LogP contribution is -2.41. The largest absolute Gasteiger partial charge is 0.389 e. The van der Waals surface area contributed by atoms with E-state index >= 15 is 0 Å². The van der Waals surface area contributed by atoms with Crippen LogP contribution in [0.15, 0.2) is 18.5 Å². The maximum atomic E-state index is 13.2. The number of anilines is 1. The van der Waals surface area contributed by atoms with E-state index in [1.165, 1.54) is 19.4 Å². The van der Waals surface area contributed by atoms with E-state index in [0.29, 0.717) is 28.3 Å². The molecule has 0 saturated heterocycles. The van der Waals surface area contributed by atoms with E-state index in [9.17, 15) is 19.4 Å². The third-order valence-electron chi connectivity index (χ3n) is 6.17. The fraction of sp³-hybridized carbons (Fsp3) is 0.400. The molecule has 0 radical (unpaired) electrons. The van der Waals surface area contributed by atoms with E-state index in [-0.39, 0.29) is 22.8 Å². The number of aromatic nitrogens is 4. The molecule has 1 amide bonds. The van der Waals surface area contributed by atoms with Gasteiger partial charge in [-0.25, -0.2) is 15.0 Å². The number of halogens is 1. The molecular formula is C20H19FN6O3S. The minimum Gasteiger partial charge on any atom is -0.389 e. The molecule has 3 heterocycles. The number of carbonyl (C=O) groups is 1. The molecule has 0 spiro atoms. The first-order valence-electron chi connectivity index (χ1n) is 9.68. The molecule has 5 atom stereocenters. The van der Waals surface area contributed by atoms with Crippen LogP contribution in [0.2, 0.25) is 0 Å². The molecule has 9 nitrogen and oxygen atoms in total. The minimum atomic E-state index is -1.18. The number of thiophene rings is 1. The van der Waals surface area contributed by atoms with Crippen LogP contribution < -0.4 is 10.6 Å². The van der Waals surface area contributed by atoms with Crippen LogP contribution in [0, 0.1) is 28.3 Å². The molecule has 31 heavy (non-hydrogen) atoms. The summed E-state index contributed by atoms with van der Waals surface area (Å²) in [5.41, 5.74) is -0.0907. The lowest BCUT2D eigenvalue weighted by molar-refractivity contribution is -0.132. The number of carbonyl (C=O) groups excluding carboxylic acids is 1. The first-order valence-corrected chi connectivity index (χ1v) is 10.5. The summed E-state index contributed by atoms with van der Waals surface area (Å²) in [4.78, 5) is 26.2. The van der Waals surface area contributed by atoms with E-state index in [0.717, 1.165) is 11.3 Å². The van der Waals surface area contributed by atoms with Crippen molar-refractivity contribution in [2.24, 2.45) is 11.3 Å². The molecule has 0 bridgehead atoms.